The summed E-state index contributed by atoms with van der Waals surface area (Å²) in [6, 6.07) is 0. The molecule has 1 aliphatic rings. The van der Waals surface area contributed by atoms with Gasteiger partial charge in [-0.25, -0.2) is 0 Å². The maximum atomic E-state index is 5.39. The lowest BCUT2D eigenvalue weighted by Crippen LogP contribution is -2.14. The van der Waals surface area contributed by atoms with Gasteiger partial charge in [-0.15, -0.1) is 0 Å². The van der Waals surface area contributed by atoms with Crippen molar-refractivity contribution in [3.8, 4) is 0 Å². The minimum atomic E-state index is 0.496. The van der Waals surface area contributed by atoms with Crippen LogP contribution in [0, 0.1) is 11.3 Å². The van der Waals surface area contributed by atoms with Crippen molar-refractivity contribution >= 4 is 15.9 Å². The summed E-state index contributed by atoms with van der Waals surface area (Å²) in [6.45, 7) is 6.13. The highest BCUT2D eigenvalue weighted by molar-refractivity contribution is 9.09. The molecular weight excluding hydrogens is 192 g/mol. The lowest BCUT2D eigenvalue weighted by Gasteiger charge is -2.11. The molecule has 0 amide bonds. The van der Waals surface area contributed by atoms with Gasteiger partial charge in [0, 0.05) is 17.4 Å². The number of hydrogen-bond donors (Lipinski definition) is 0. The van der Waals surface area contributed by atoms with Crippen LogP contribution in [0.3, 0.4) is 0 Å². The fraction of sp³-hybridized carbons (Fsp3) is 1.00. The first-order valence-electron chi connectivity index (χ1n) is 3.89. The van der Waals surface area contributed by atoms with Crippen molar-refractivity contribution in [3.63, 3.8) is 0 Å². The van der Waals surface area contributed by atoms with Crippen molar-refractivity contribution in [3.05, 3.63) is 0 Å². The van der Waals surface area contributed by atoms with Gasteiger partial charge in [-0.1, -0.05) is 22.9 Å². The van der Waals surface area contributed by atoms with Gasteiger partial charge >= 0.3 is 0 Å². The van der Waals surface area contributed by atoms with Gasteiger partial charge < -0.3 is 4.74 Å². The molecule has 2 atom stereocenters. The Kier molecular flexibility index (Phi) is 2.75. The molecule has 0 aromatic carbocycles. The molecule has 1 nitrogen and oxygen atoms in total. The molecule has 0 heterocycles. The molecule has 2 heteroatoms. The fourth-order valence-corrected chi connectivity index (χ4v) is 2.23. The summed E-state index contributed by atoms with van der Waals surface area (Å²) in [4.78, 5) is 0. The Labute approximate surface area is 71.3 Å². The van der Waals surface area contributed by atoms with Crippen molar-refractivity contribution in [1.29, 1.82) is 0 Å². The Bertz CT molecular complexity index is 112. The van der Waals surface area contributed by atoms with E-state index in [1.807, 2.05) is 0 Å². The summed E-state index contributed by atoms with van der Waals surface area (Å²) in [7, 11) is 0. The Morgan fingerprint density at radius 1 is 1.70 bits per heavy atom. The number of alkyl halides is 1. The van der Waals surface area contributed by atoms with Gasteiger partial charge in [-0.05, 0) is 19.3 Å². The predicted molar refractivity (Wildman–Crippen MR) is 46.5 cm³/mol. The summed E-state index contributed by atoms with van der Waals surface area (Å²) < 4.78 is 5.39. The largest absolute Gasteiger partial charge is 0.381 e. The van der Waals surface area contributed by atoms with Gasteiger partial charge in [0.1, 0.15) is 0 Å². The first-order valence-corrected chi connectivity index (χ1v) is 5.01. The van der Waals surface area contributed by atoms with Gasteiger partial charge in [0.05, 0.1) is 6.61 Å². The average molecular weight is 207 g/mol. The Hall–Kier alpha value is 0.440. The summed E-state index contributed by atoms with van der Waals surface area (Å²) in [5.41, 5.74) is 0.496. The lowest BCUT2D eigenvalue weighted by atomic mass is 10.1. The van der Waals surface area contributed by atoms with Crippen LogP contribution in [0.5, 0.6) is 0 Å². The molecule has 1 rings (SSSR count). The van der Waals surface area contributed by atoms with Crippen molar-refractivity contribution < 1.29 is 4.74 Å². The third-order valence-corrected chi connectivity index (χ3v) is 3.57. The zero-order chi connectivity index (χ0) is 7.61. The van der Waals surface area contributed by atoms with Crippen LogP contribution in [-0.2, 0) is 4.74 Å². The van der Waals surface area contributed by atoms with Crippen molar-refractivity contribution in [2.45, 2.75) is 20.3 Å². The zero-order valence-corrected chi connectivity index (χ0v) is 8.28. The third kappa shape index (κ3) is 1.54. The third-order valence-electron chi connectivity index (χ3n) is 2.46. The number of rotatable bonds is 4. The van der Waals surface area contributed by atoms with E-state index in [4.69, 9.17) is 4.74 Å². The van der Waals surface area contributed by atoms with E-state index in [9.17, 15) is 0 Å². The van der Waals surface area contributed by atoms with Crippen LogP contribution in [0.4, 0.5) is 0 Å². The van der Waals surface area contributed by atoms with E-state index in [-0.39, 0.29) is 0 Å². The van der Waals surface area contributed by atoms with Crippen LogP contribution in [0.2, 0.25) is 0 Å². The Balaban J connectivity index is 2.23. The van der Waals surface area contributed by atoms with Crippen molar-refractivity contribution in [2.75, 3.05) is 18.5 Å². The summed E-state index contributed by atoms with van der Waals surface area (Å²) in [5.74, 6) is 0.860. The molecular formula is C8H15BrO. The molecule has 10 heavy (non-hydrogen) atoms. The molecule has 1 saturated carbocycles. The van der Waals surface area contributed by atoms with Gasteiger partial charge in [-0.2, -0.15) is 0 Å². The molecule has 60 valence electrons. The molecule has 0 aromatic rings. The first kappa shape index (κ1) is 8.54. The SMILES string of the molecule is CCOCC1(CBr)CC1C. The van der Waals surface area contributed by atoms with Crippen LogP contribution in [0.15, 0.2) is 0 Å². The molecule has 0 bridgehead atoms. The van der Waals surface area contributed by atoms with E-state index >= 15 is 0 Å². The fourth-order valence-electron chi connectivity index (χ4n) is 1.28. The predicted octanol–water partition coefficient (Wildman–Crippen LogP) is 2.44. The van der Waals surface area contributed by atoms with Crippen molar-refractivity contribution in [1.82, 2.24) is 0 Å². The van der Waals surface area contributed by atoms with Gasteiger partial charge in [0.25, 0.3) is 0 Å². The highest BCUT2D eigenvalue weighted by atomic mass is 79.9. The Morgan fingerprint density at radius 2 is 2.30 bits per heavy atom. The summed E-state index contributed by atoms with van der Waals surface area (Å²) >= 11 is 3.52. The molecule has 0 radical (unpaired) electrons. The van der Waals surface area contributed by atoms with Crippen LogP contribution in [0.1, 0.15) is 20.3 Å². The quantitative estimate of drug-likeness (QED) is 0.643. The van der Waals surface area contributed by atoms with E-state index < -0.39 is 0 Å². The number of hydrogen-bond acceptors (Lipinski definition) is 1. The van der Waals surface area contributed by atoms with Crippen LogP contribution < -0.4 is 0 Å². The van der Waals surface area contributed by atoms with E-state index in [2.05, 4.69) is 29.8 Å². The second-order valence-electron chi connectivity index (χ2n) is 3.24. The van der Waals surface area contributed by atoms with Crippen LogP contribution in [0.25, 0.3) is 0 Å². The molecule has 0 spiro atoms. The normalized spacial score (nSPS) is 38.1. The summed E-state index contributed by atoms with van der Waals surface area (Å²) in [5, 5.41) is 1.10. The van der Waals surface area contributed by atoms with Crippen LogP contribution in [-0.4, -0.2) is 18.5 Å². The van der Waals surface area contributed by atoms with E-state index in [0.717, 1.165) is 24.5 Å². The number of halogens is 1. The topological polar surface area (TPSA) is 9.23 Å². The standard InChI is InChI=1S/C8H15BrO/c1-3-10-6-8(5-9)4-7(8)2/h7H,3-6H2,1-2H3. The molecule has 0 N–H and O–H groups in total. The maximum absolute atomic E-state index is 5.39. The van der Waals surface area contributed by atoms with E-state index in [1.165, 1.54) is 6.42 Å². The van der Waals surface area contributed by atoms with E-state index in [0.29, 0.717) is 5.41 Å². The molecule has 1 aliphatic carbocycles. The highest BCUT2D eigenvalue weighted by Crippen LogP contribution is 2.53. The highest BCUT2D eigenvalue weighted by Gasteiger charge is 2.49. The Morgan fingerprint density at radius 3 is 2.60 bits per heavy atom. The molecule has 2 unspecified atom stereocenters. The van der Waals surface area contributed by atoms with E-state index in [1.54, 1.807) is 0 Å². The van der Waals surface area contributed by atoms with Gasteiger partial charge in [0.2, 0.25) is 0 Å². The number of ether oxygens (including phenoxy) is 1. The smallest absolute Gasteiger partial charge is 0.0532 e. The minimum Gasteiger partial charge on any atom is -0.381 e. The lowest BCUT2D eigenvalue weighted by molar-refractivity contribution is 0.104. The molecule has 0 aliphatic heterocycles. The molecule has 0 saturated heterocycles. The minimum absolute atomic E-state index is 0.496. The van der Waals surface area contributed by atoms with Crippen LogP contribution >= 0.6 is 15.9 Å². The second kappa shape index (κ2) is 3.22. The zero-order valence-electron chi connectivity index (χ0n) is 6.69. The second-order valence-corrected chi connectivity index (χ2v) is 3.80. The van der Waals surface area contributed by atoms with Gasteiger partial charge in [-0.3, -0.25) is 0 Å². The first-order chi connectivity index (χ1) is 4.75. The van der Waals surface area contributed by atoms with Crippen molar-refractivity contribution in [2.24, 2.45) is 11.3 Å². The molecule has 1 fully saturated rings. The maximum Gasteiger partial charge on any atom is 0.0532 e. The molecule has 0 aromatic heterocycles. The monoisotopic (exact) mass is 206 g/mol. The van der Waals surface area contributed by atoms with Gasteiger partial charge in [0.15, 0.2) is 0 Å². The summed E-state index contributed by atoms with van der Waals surface area (Å²) in [6.07, 6.45) is 1.33. The average Bonchev–Trinajstić information content (AvgIpc) is 2.59.